The lowest BCUT2D eigenvalue weighted by molar-refractivity contribution is -0.115. The number of nitrogens with zero attached hydrogens (tertiary/aromatic N) is 2. The SMILES string of the molecule is Cc1ccc(SCCC(=O)Nc2ccnn2Cc2ccccc2Cl)cc1C. The van der Waals surface area contributed by atoms with E-state index < -0.39 is 0 Å². The lowest BCUT2D eigenvalue weighted by atomic mass is 10.1. The number of carbonyl (C=O) groups excluding carboxylic acids is 1. The summed E-state index contributed by atoms with van der Waals surface area (Å²) in [6, 6.07) is 15.8. The number of rotatable bonds is 7. The molecule has 0 atom stereocenters. The molecule has 6 heteroatoms. The maximum absolute atomic E-state index is 12.3. The Morgan fingerprint density at radius 3 is 2.74 bits per heavy atom. The average Bonchev–Trinajstić information content (AvgIpc) is 3.07. The molecular weight excluding hydrogens is 378 g/mol. The summed E-state index contributed by atoms with van der Waals surface area (Å²) < 4.78 is 1.75. The van der Waals surface area contributed by atoms with Crippen LogP contribution in [0.5, 0.6) is 0 Å². The molecule has 0 bridgehead atoms. The Morgan fingerprint density at radius 2 is 1.96 bits per heavy atom. The molecule has 140 valence electrons. The Hall–Kier alpha value is -2.24. The zero-order valence-electron chi connectivity index (χ0n) is 15.4. The van der Waals surface area contributed by atoms with Crippen molar-refractivity contribution >= 4 is 35.1 Å². The van der Waals surface area contributed by atoms with E-state index in [1.807, 2.05) is 24.3 Å². The van der Waals surface area contributed by atoms with Crippen LogP contribution in [0.1, 0.15) is 23.1 Å². The van der Waals surface area contributed by atoms with E-state index >= 15 is 0 Å². The van der Waals surface area contributed by atoms with Crippen LogP contribution in [0, 0.1) is 13.8 Å². The Kier molecular flexibility index (Phi) is 6.58. The number of carbonyl (C=O) groups is 1. The zero-order chi connectivity index (χ0) is 19.2. The minimum atomic E-state index is -0.0211. The van der Waals surface area contributed by atoms with E-state index in [1.165, 1.54) is 16.0 Å². The van der Waals surface area contributed by atoms with Crippen molar-refractivity contribution in [3.05, 3.63) is 76.4 Å². The van der Waals surface area contributed by atoms with Gasteiger partial charge in [-0.15, -0.1) is 11.8 Å². The number of aryl methyl sites for hydroxylation is 2. The van der Waals surface area contributed by atoms with Crippen LogP contribution in [-0.2, 0) is 11.3 Å². The predicted octanol–water partition coefficient (Wildman–Crippen LogP) is 5.32. The number of aromatic nitrogens is 2. The van der Waals surface area contributed by atoms with Crippen LogP contribution >= 0.6 is 23.4 Å². The zero-order valence-corrected chi connectivity index (χ0v) is 17.0. The van der Waals surface area contributed by atoms with Crippen molar-refractivity contribution in [3.8, 4) is 0 Å². The number of hydrogen-bond donors (Lipinski definition) is 1. The van der Waals surface area contributed by atoms with E-state index in [2.05, 4.69) is 42.5 Å². The molecule has 2 aromatic carbocycles. The van der Waals surface area contributed by atoms with Crippen LogP contribution in [-0.4, -0.2) is 21.4 Å². The van der Waals surface area contributed by atoms with Crippen LogP contribution in [0.15, 0.2) is 59.6 Å². The first-order chi connectivity index (χ1) is 13.0. The largest absolute Gasteiger partial charge is 0.311 e. The second-order valence-corrected chi connectivity index (χ2v) is 7.93. The van der Waals surface area contributed by atoms with Gasteiger partial charge in [-0.1, -0.05) is 35.9 Å². The van der Waals surface area contributed by atoms with Gasteiger partial charge in [0.1, 0.15) is 5.82 Å². The molecule has 0 radical (unpaired) electrons. The van der Waals surface area contributed by atoms with Crippen molar-refractivity contribution in [3.63, 3.8) is 0 Å². The van der Waals surface area contributed by atoms with E-state index in [1.54, 1.807) is 28.7 Å². The molecule has 0 aliphatic heterocycles. The summed E-state index contributed by atoms with van der Waals surface area (Å²) in [6.07, 6.45) is 2.12. The Labute approximate surface area is 168 Å². The van der Waals surface area contributed by atoms with Gasteiger partial charge in [0, 0.05) is 28.2 Å². The van der Waals surface area contributed by atoms with E-state index in [9.17, 15) is 4.79 Å². The third kappa shape index (κ3) is 5.37. The third-order valence-corrected chi connectivity index (χ3v) is 5.70. The van der Waals surface area contributed by atoms with Gasteiger partial charge >= 0.3 is 0 Å². The molecule has 1 amide bonds. The number of benzene rings is 2. The van der Waals surface area contributed by atoms with Gasteiger partial charge in [0.05, 0.1) is 12.7 Å². The highest BCUT2D eigenvalue weighted by molar-refractivity contribution is 7.99. The van der Waals surface area contributed by atoms with Gasteiger partial charge < -0.3 is 5.32 Å². The number of halogens is 1. The normalized spacial score (nSPS) is 10.8. The van der Waals surface area contributed by atoms with E-state index in [4.69, 9.17) is 11.6 Å². The second kappa shape index (κ2) is 9.11. The predicted molar refractivity (Wildman–Crippen MR) is 113 cm³/mol. The van der Waals surface area contributed by atoms with Gasteiger partial charge in [0.2, 0.25) is 5.91 Å². The summed E-state index contributed by atoms with van der Waals surface area (Å²) in [5.74, 6) is 1.39. The molecule has 0 aliphatic carbocycles. The van der Waals surface area contributed by atoms with Gasteiger partial charge in [-0.25, -0.2) is 4.68 Å². The maximum atomic E-state index is 12.3. The molecule has 0 fully saturated rings. The first kappa shape index (κ1) is 19.5. The molecule has 0 saturated carbocycles. The summed E-state index contributed by atoms with van der Waals surface area (Å²) >= 11 is 7.91. The molecule has 27 heavy (non-hydrogen) atoms. The van der Waals surface area contributed by atoms with Gasteiger partial charge in [0.15, 0.2) is 0 Å². The first-order valence-electron chi connectivity index (χ1n) is 8.78. The smallest absolute Gasteiger partial charge is 0.226 e. The van der Waals surface area contributed by atoms with Gasteiger partial charge in [0.25, 0.3) is 0 Å². The van der Waals surface area contributed by atoms with E-state index in [0.29, 0.717) is 23.8 Å². The lowest BCUT2D eigenvalue weighted by Gasteiger charge is -2.10. The molecule has 1 aromatic heterocycles. The molecule has 0 saturated heterocycles. The van der Waals surface area contributed by atoms with Crippen LogP contribution in [0.2, 0.25) is 5.02 Å². The van der Waals surface area contributed by atoms with Gasteiger partial charge in [-0.3, -0.25) is 4.79 Å². The first-order valence-corrected chi connectivity index (χ1v) is 10.1. The Balaban J connectivity index is 1.53. The van der Waals surface area contributed by atoms with E-state index in [0.717, 1.165) is 11.3 Å². The maximum Gasteiger partial charge on any atom is 0.226 e. The number of amides is 1. The third-order valence-electron chi connectivity index (χ3n) is 4.34. The molecule has 4 nitrogen and oxygen atoms in total. The topological polar surface area (TPSA) is 46.9 Å². The minimum absolute atomic E-state index is 0.0211. The van der Waals surface area contributed by atoms with Crippen molar-refractivity contribution < 1.29 is 4.79 Å². The van der Waals surface area contributed by atoms with Crippen molar-refractivity contribution in [2.75, 3.05) is 11.1 Å². The van der Waals surface area contributed by atoms with E-state index in [-0.39, 0.29) is 5.91 Å². The van der Waals surface area contributed by atoms with Crippen molar-refractivity contribution in [1.29, 1.82) is 0 Å². The lowest BCUT2D eigenvalue weighted by Crippen LogP contribution is -2.16. The number of nitrogens with one attached hydrogen (secondary N) is 1. The summed E-state index contributed by atoms with van der Waals surface area (Å²) in [7, 11) is 0. The molecule has 0 spiro atoms. The Bertz CT molecular complexity index is 939. The molecule has 0 unspecified atom stereocenters. The molecule has 0 aliphatic rings. The number of thioether (sulfide) groups is 1. The molecule has 3 rings (SSSR count). The monoisotopic (exact) mass is 399 g/mol. The quantitative estimate of drug-likeness (QED) is 0.546. The fourth-order valence-electron chi connectivity index (χ4n) is 2.62. The molecular formula is C21H22ClN3OS. The molecule has 3 aromatic rings. The highest BCUT2D eigenvalue weighted by Crippen LogP contribution is 2.22. The number of hydrogen-bond acceptors (Lipinski definition) is 3. The average molecular weight is 400 g/mol. The van der Waals surface area contributed by atoms with Crippen molar-refractivity contribution in [1.82, 2.24) is 9.78 Å². The standard InChI is InChI=1S/C21H22ClN3OS/c1-15-7-8-18(13-16(15)2)27-12-10-21(26)24-20-9-11-23-25(20)14-17-5-3-4-6-19(17)22/h3-9,11,13H,10,12,14H2,1-2H3,(H,24,26). The van der Waals surface area contributed by atoms with Gasteiger partial charge in [-0.2, -0.15) is 5.10 Å². The number of anilines is 1. The van der Waals surface area contributed by atoms with Crippen LogP contribution in [0.25, 0.3) is 0 Å². The summed E-state index contributed by atoms with van der Waals surface area (Å²) in [5, 5.41) is 7.92. The van der Waals surface area contributed by atoms with Crippen LogP contribution < -0.4 is 5.32 Å². The highest BCUT2D eigenvalue weighted by atomic mass is 35.5. The van der Waals surface area contributed by atoms with Crippen molar-refractivity contribution in [2.24, 2.45) is 0 Å². The fourth-order valence-corrected chi connectivity index (χ4v) is 3.77. The van der Waals surface area contributed by atoms with Crippen LogP contribution in [0.4, 0.5) is 5.82 Å². The van der Waals surface area contributed by atoms with Gasteiger partial charge in [-0.05, 0) is 48.7 Å². The summed E-state index contributed by atoms with van der Waals surface area (Å²) in [5.41, 5.74) is 3.51. The summed E-state index contributed by atoms with van der Waals surface area (Å²) in [4.78, 5) is 13.5. The Morgan fingerprint density at radius 1 is 1.15 bits per heavy atom. The highest BCUT2D eigenvalue weighted by Gasteiger charge is 2.09. The van der Waals surface area contributed by atoms with Crippen LogP contribution in [0.3, 0.4) is 0 Å². The molecule has 1 N–H and O–H groups in total. The summed E-state index contributed by atoms with van der Waals surface area (Å²) in [6.45, 7) is 4.72. The fraction of sp³-hybridized carbons (Fsp3) is 0.238. The minimum Gasteiger partial charge on any atom is -0.311 e. The second-order valence-electron chi connectivity index (χ2n) is 6.36. The van der Waals surface area contributed by atoms with Crippen molar-refractivity contribution in [2.45, 2.75) is 31.7 Å². The molecule has 1 heterocycles.